The van der Waals surface area contributed by atoms with E-state index in [1.807, 2.05) is 57.2 Å². The highest BCUT2D eigenvalue weighted by atomic mass is 79.9. The molecular weight excluding hydrogens is 368 g/mol. The molecule has 0 aliphatic carbocycles. The lowest BCUT2D eigenvalue weighted by Gasteiger charge is -2.11. The molecule has 1 rings (SSSR count). The second-order valence-electron chi connectivity index (χ2n) is 4.56. The Kier molecular flexibility index (Phi) is 12.6. The standard InChI is InChI=1S/C18H21BrO3.C2H6/c1-4-6-7-14(5-2)13-22-17-9-8-15(12-19)16(10-17)11-18(20)21-3;1-2/h4-10H,1,11-13H2,2-3H3;1-2H3/b7-6-,14-5+;. The molecule has 0 aliphatic rings. The summed E-state index contributed by atoms with van der Waals surface area (Å²) in [5.41, 5.74) is 3.01. The fraction of sp³-hybridized carbons (Fsp3) is 0.350. The van der Waals surface area contributed by atoms with Gasteiger partial charge in [-0.2, -0.15) is 0 Å². The molecule has 0 aliphatic heterocycles. The van der Waals surface area contributed by atoms with Crippen molar-refractivity contribution in [3.8, 4) is 5.75 Å². The van der Waals surface area contributed by atoms with E-state index >= 15 is 0 Å². The lowest BCUT2D eigenvalue weighted by Crippen LogP contribution is -2.07. The van der Waals surface area contributed by atoms with E-state index < -0.39 is 0 Å². The topological polar surface area (TPSA) is 35.5 Å². The van der Waals surface area contributed by atoms with Gasteiger partial charge in [0.25, 0.3) is 0 Å². The number of alkyl halides is 1. The maximum atomic E-state index is 11.5. The van der Waals surface area contributed by atoms with Gasteiger partial charge >= 0.3 is 5.97 Å². The third-order valence-electron chi connectivity index (χ3n) is 3.11. The van der Waals surface area contributed by atoms with Crippen LogP contribution in [0, 0.1) is 0 Å². The molecular formula is C20H27BrO3. The Bertz CT molecular complexity index is 574. The van der Waals surface area contributed by atoms with E-state index in [9.17, 15) is 4.79 Å². The highest BCUT2D eigenvalue weighted by Crippen LogP contribution is 2.21. The molecule has 0 aromatic heterocycles. The van der Waals surface area contributed by atoms with E-state index in [1.54, 1.807) is 6.08 Å². The van der Waals surface area contributed by atoms with Crippen LogP contribution in [-0.4, -0.2) is 19.7 Å². The zero-order chi connectivity index (χ0) is 18.4. The number of rotatable bonds is 8. The smallest absolute Gasteiger partial charge is 0.309 e. The van der Waals surface area contributed by atoms with Crippen molar-refractivity contribution in [1.29, 1.82) is 0 Å². The van der Waals surface area contributed by atoms with Gasteiger partial charge in [0.1, 0.15) is 12.4 Å². The van der Waals surface area contributed by atoms with Crippen molar-refractivity contribution in [3.05, 3.63) is 65.8 Å². The van der Waals surface area contributed by atoms with Crippen LogP contribution in [0.5, 0.6) is 5.75 Å². The number of halogens is 1. The first kappa shape index (κ1) is 22.2. The number of carbonyl (C=O) groups is 1. The molecule has 1 aromatic rings. The van der Waals surface area contributed by atoms with Gasteiger partial charge in [0.05, 0.1) is 13.5 Å². The normalized spacial score (nSPS) is 10.8. The summed E-state index contributed by atoms with van der Waals surface area (Å²) in [6.45, 7) is 10.1. The van der Waals surface area contributed by atoms with E-state index in [1.165, 1.54) is 7.11 Å². The summed E-state index contributed by atoms with van der Waals surface area (Å²) >= 11 is 3.43. The van der Waals surface area contributed by atoms with Crippen LogP contribution in [-0.2, 0) is 21.3 Å². The van der Waals surface area contributed by atoms with Crippen LogP contribution in [0.25, 0.3) is 0 Å². The summed E-state index contributed by atoms with van der Waals surface area (Å²) in [4.78, 5) is 11.5. The Labute approximate surface area is 154 Å². The van der Waals surface area contributed by atoms with E-state index in [0.717, 1.165) is 22.4 Å². The van der Waals surface area contributed by atoms with Gasteiger partial charge in [-0.1, -0.05) is 66.7 Å². The molecule has 0 atom stereocenters. The van der Waals surface area contributed by atoms with Crippen LogP contribution in [0.2, 0.25) is 0 Å². The maximum Gasteiger partial charge on any atom is 0.309 e. The van der Waals surface area contributed by atoms with Gasteiger partial charge in [-0.15, -0.1) is 0 Å². The molecule has 0 saturated heterocycles. The second kappa shape index (κ2) is 13.6. The van der Waals surface area contributed by atoms with Crippen LogP contribution in [0.15, 0.2) is 54.7 Å². The predicted molar refractivity (Wildman–Crippen MR) is 105 cm³/mol. The molecule has 1 aromatic carbocycles. The molecule has 0 radical (unpaired) electrons. The highest BCUT2D eigenvalue weighted by molar-refractivity contribution is 9.08. The molecule has 0 amide bonds. The maximum absolute atomic E-state index is 11.5. The number of hydrogen-bond donors (Lipinski definition) is 0. The molecule has 0 saturated carbocycles. The number of methoxy groups -OCH3 is 1. The Hall–Kier alpha value is -1.81. The first-order valence-corrected chi connectivity index (χ1v) is 9.08. The van der Waals surface area contributed by atoms with Crippen molar-refractivity contribution in [2.24, 2.45) is 0 Å². The van der Waals surface area contributed by atoms with E-state index in [0.29, 0.717) is 11.9 Å². The number of allylic oxidation sites excluding steroid dienone is 3. The van der Waals surface area contributed by atoms with Crippen LogP contribution in [0.4, 0.5) is 0 Å². The molecule has 132 valence electrons. The van der Waals surface area contributed by atoms with Crippen LogP contribution < -0.4 is 4.74 Å². The van der Waals surface area contributed by atoms with Gasteiger partial charge in [0.15, 0.2) is 0 Å². The molecule has 0 unspecified atom stereocenters. The van der Waals surface area contributed by atoms with Gasteiger partial charge in [-0.25, -0.2) is 0 Å². The van der Waals surface area contributed by atoms with Crippen molar-refractivity contribution >= 4 is 21.9 Å². The number of carbonyl (C=O) groups excluding carboxylic acids is 1. The zero-order valence-corrected chi connectivity index (χ0v) is 16.6. The molecule has 0 spiro atoms. The minimum absolute atomic E-state index is 0.238. The second-order valence-corrected chi connectivity index (χ2v) is 5.12. The molecule has 4 heteroatoms. The predicted octanol–water partition coefficient (Wildman–Crippen LogP) is 5.39. The number of esters is 1. The van der Waals surface area contributed by atoms with Crippen LogP contribution in [0.3, 0.4) is 0 Å². The molecule has 0 heterocycles. The molecule has 0 bridgehead atoms. The summed E-state index contributed by atoms with van der Waals surface area (Å²) in [5.74, 6) is 0.470. The number of ether oxygens (including phenoxy) is 2. The Morgan fingerprint density at radius 1 is 1.29 bits per heavy atom. The SMILES string of the molecule is C=C/C=C\C(=C/C)COc1ccc(CBr)c(CC(=O)OC)c1.CC. The molecule has 3 nitrogen and oxygen atoms in total. The van der Waals surface area contributed by atoms with Crippen molar-refractivity contribution in [2.45, 2.75) is 32.5 Å². The lowest BCUT2D eigenvalue weighted by atomic mass is 10.1. The Morgan fingerprint density at radius 2 is 2.00 bits per heavy atom. The van der Waals surface area contributed by atoms with Crippen molar-refractivity contribution in [1.82, 2.24) is 0 Å². The minimum Gasteiger partial charge on any atom is -0.489 e. The van der Waals surface area contributed by atoms with E-state index in [-0.39, 0.29) is 12.4 Å². The monoisotopic (exact) mass is 394 g/mol. The third kappa shape index (κ3) is 8.16. The summed E-state index contributed by atoms with van der Waals surface area (Å²) < 4.78 is 10.5. The van der Waals surface area contributed by atoms with Gasteiger partial charge in [-0.3, -0.25) is 4.79 Å². The van der Waals surface area contributed by atoms with Gasteiger partial charge < -0.3 is 9.47 Å². The lowest BCUT2D eigenvalue weighted by molar-refractivity contribution is -0.139. The molecule has 0 fully saturated rings. The van der Waals surface area contributed by atoms with Gasteiger partial charge in [0.2, 0.25) is 0 Å². The first-order valence-electron chi connectivity index (χ1n) is 7.96. The molecule has 24 heavy (non-hydrogen) atoms. The van der Waals surface area contributed by atoms with E-state index in [2.05, 4.69) is 22.5 Å². The summed E-state index contributed by atoms with van der Waals surface area (Å²) in [6.07, 6.45) is 7.77. The average molecular weight is 395 g/mol. The fourth-order valence-corrected chi connectivity index (χ4v) is 2.35. The Morgan fingerprint density at radius 3 is 2.54 bits per heavy atom. The molecule has 0 N–H and O–H groups in total. The average Bonchev–Trinajstić information content (AvgIpc) is 2.63. The van der Waals surface area contributed by atoms with Gasteiger partial charge in [-0.05, 0) is 35.8 Å². The van der Waals surface area contributed by atoms with Crippen LogP contribution >= 0.6 is 15.9 Å². The third-order valence-corrected chi connectivity index (χ3v) is 3.71. The van der Waals surface area contributed by atoms with Crippen LogP contribution in [0.1, 0.15) is 31.9 Å². The number of benzene rings is 1. The zero-order valence-electron chi connectivity index (χ0n) is 15.0. The van der Waals surface area contributed by atoms with E-state index in [4.69, 9.17) is 9.47 Å². The minimum atomic E-state index is -0.262. The fourth-order valence-electron chi connectivity index (χ4n) is 1.80. The summed E-state index contributed by atoms with van der Waals surface area (Å²) in [5, 5.41) is 0.682. The van der Waals surface area contributed by atoms with Crippen molar-refractivity contribution < 1.29 is 14.3 Å². The largest absolute Gasteiger partial charge is 0.489 e. The quantitative estimate of drug-likeness (QED) is 0.336. The first-order chi connectivity index (χ1) is 11.6. The van der Waals surface area contributed by atoms with Crippen molar-refractivity contribution in [3.63, 3.8) is 0 Å². The summed E-state index contributed by atoms with van der Waals surface area (Å²) in [6, 6.07) is 5.75. The summed E-state index contributed by atoms with van der Waals surface area (Å²) in [7, 11) is 1.39. The highest BCUT2D eigenvalue weighted by Gasteiger charge is 2.09. The Balaban J connectivity index is 0.00000254. The van der Waals surface area contributed by atoms with Gasteiger partial charge in [0, 0.05) is 5.33 Å². The van der Waals surface area contributed by atoms with Crippen molar-refractivity contribution in [2.75, 3.05) is 13.7 Å². The number of hydrogen-bond acceptors (Lipinski definition) is 3.